The quantitative estimate of drug-likeness (QED) is 0.861. The number of fused-ring (bicyclic) bond motifs is 1. The van der Waals surface area contributed by atoms with Crippen molar-refractivity contribution in [1.82, 2.24) is 15.1 Å². The summed E-state index contributed by atoms with van der Waals surface area (Å²) in [7, 11) is 0. The number of rotatable bonds is 5. The molecule has 26 heavy (non-hydrogen) atoms. The Bertz CT molecular complexity index is 902. The number of aliphatic carboxylic acids is 1. The van der Waals surface area contributed by atoms with Crippen LogP contribution < -0.4 is 5.32 Å². The first-order valence-electron chi connectivity index (χ1n) is 8.86. The molecule has 1 saturated carbocycles. The van der Waals surface area contributed by atoms with Crippen LogP contribution in [0.3, 0.4) is 0 Å². The third-order valence-electron chi connectivity index (χ3n) is 5.12. The van der Waals surface area contributed by atoms with Crippen LogP contribution in [0.25, 0.3) is 5.69 Å². The number of hydrogen-bond donors (Lipinski definition) is 2. The van der Waals surface area contributed by atoms with Gasteiger partial charge in [-0.15, -0.1) is 0 Å². The molecule has 1 aromatic carbocycles. The lowest BCUT2D eigenvalue weighted by atomic mass is 10.1. The number of carboxylic acids is 1. The van der Waals surface area contributed by atoms with Gasteiger partial charge in [0.1, 0.15) is 17.5 Å². The van der Waals surface area contributed by atoms with Gasteiger partial charge in [-0.3, -0.25) is 4.79 Å². The number of aryl methyl sites for hydroxylation is 1. The van der Waals surface area contributed by atoms with Crippen LogP contribution in [0.2, 0.25) is 0 Å². The summed E-state index contributed by atoms with van der Waals surface area (Å²) in [5, 5.41) is 16.3. The highest BCUT2D eigenvalue weighted by molar-refractivity contribution is 5.96. The summed E-state index contributed by atoms with van der Waals surface area (Å²) in [6, 6.07) is 3.89. The molecular weight excluding hydrogens is 337 g/mol. The van der Waals surface area contributed by atoms with E-state index in [0.29, 0.717) is 18.5 Å². The van der Waals surface area contributed by atoms with Crippen LogP contribution in [-0.4, -0.2) is 32.8 Å². The van der Waals surface area contributed by atoms with E-state index in [1.165, 1.54) is 10.7 Å². The fourth-order valence-electron chi connectivity index (χ4n) is 3.62. The number of amides is 1. The van der Waals surface area contributed by atoms with E-state index in [0.717, 1.165) is 36.1 Å². The first kappa shape index (κ1) is 16.8. The minimum Gasteiger partial charge on any atom is -0.480 e. The molecule has 2 aliphatic rings. The average Bonchev–Trinajstić information content (AvgIpc) is 3.20. The van der Waals surface area contributed by atoms with Crippen LogP contribution in [-0.2, 0) is 17.6 Å². The molecule has 1 heterocycles. The van der Waals surface area contributed by atoms with Gasteiger partial charge in [0.05, 0.1) is 0 Å². The molecule has 4 rings (SSSR count). The van der Waals surface area contributed by atoms with E-state index in [4.69, 9.17) is 0 Å². The van der Waals surface area contributed by atoms with Crippen LogP contribution >= 0.6 is 0 Å². The van der Waals surface area contributed by atoms with Crippen molar-refractivity contribution in [3.63, 3.8) is 0 Å². The van der Waals surface area contributed by atoms with Gasteiger partial charge in [0.25, 0.3) is 5.91 Å². The zero-order valence-electron chi connectivity index (χ0n) is 14.5. The average molecular weight is 357 g/mol. The third-order valence-corrected chi connectivity index (χ3v) is 5.12. The van der Waals surface area contributed by atoms with E-state index in [9.17, 15) is 19.1 Å². The molecule has 2 aromatic rings. The van der Waals surface area contributed by atoms with Crippen LogP contribution in [0, 0.1) is 18.7 Å². The Balaban J connectivity index is 1.71. The fraction of sp³-hybridized carbons (Fsp3) is 0.421. The summed E-state index contributed by atoms with van der Waals surface area (Å²) in [4.78, 5) is 24.1. The molecule has 2 aliphatic carbocycles. The molecule has 1 atom stereocenters. The van der Waals surface area contributed by atoms with Crippen molar-refractivity contribution >= 4 is 11.9 Å². The molecule has 1 fully saturated rings. The minimum absolute atomic E-state index is 0.0131. The summed E-state index contributed by atoms with van der Waals surface area (Å²) in [6.07, 6.45) is 3.88. The zero-order valence-corrected chi connectivity index (χ0v) is 14.5. The Labute approximate surface area is 150 Å². The van der Waals surface area contributed by atoms with Crippen LogP contribution in [0.1, 0.15) is 46.6 Å². The molecule has 0 aliphatic heterocycles. The van der Waals surface area contributed by atoms with Crippen molar-refractivity contribution in [3.8, 4) is 5.69 Å². The highest BCUT2D eigenvalue weighted by Gasteiger charge is 2.38. The maximum atomic E-state index is 14.3. The monoisotopic (exact) mass is 357 g/mol. The largest absolute Gasteiger partial charge is 0.480 e. The number of benzene rings is 1. The third kappa shape index (κ3) is 2.87. The van der Waals surface area contributed by atoms with E-state index in [1.54, 1.807) is 12.1 Å². The van der Waals surface area contributed by atoms with Gasteiger partial charge in [-0.05, 0) is 62.6 Å². The first-order chi connectivity index (χ1) is 12.5. The van der Waals surface area contributed by atoms with E-state index >= 15 is 0 Å². The van der Waals surface area contributed by atoms with Crippen molar-refractivity contribution in [2.45, 2.75) is 45.1 Å². The Kier molecular flexibility index (Phi) is 4.01. The smallest absolute Gasteiger partial charge is 0.326 e. The second kappa shape index (κ2) is 6.23. The van der Waals surface area contributed by atoms with Gasteiger partial charge in [0.15, 0.2) is 5.69 Å². The van der Waals surface area contributed by atoms with Crippen LogP contribution in [0.15, 0.2) is 18.2 Å². The summed E-state index contributed by atoms with van der Waals surface area (Å²) in [5.41, 5.74) is 3.06. The molecule has 6 nitrogen and oxygen atoms in total. The lowest BCUT2D eigenvalue weighted by Gasteiger charge is -2.13. The molecule has 1 aromatic heterocycles. The molecule has 0 spiro atoms. The number of carboxylic acid groups (broad SMARTS) is 1. The highest BCUT2D eigenvalue weighted by atomic mass is 19.1. The number of carbonyl (C=O) groups is 2. The molecule has 7 heteroatoms. The van der Waals surface area contributed by atoms with E-state index in [1.807, 2.05) is 6.92 Å². The number of halogens is 1. The van der Waals surface area contributed by atoms with Crippen molar-refractivity contribution in [1.29, 1.82) is 0 Å². The molecule has 1 unspecified atom stereocenters. The SMILES string of the molecule is Cc1ccc(F)c(-n2nc(C(=O)NC(C(=O)O)C3CC3)c3c2CCC3)c1. The van der Waals surface area contributed by atoms with Crippen molar-refractivity contribution in [3.05, 3.63) is 46.5 Å². The normalized spacial score (nSPS) is 17.0. The second-order valence-electron chi connectivity index (χ2n) is 7.12. The van der Waals surface area contributed by atoms with Gasteiger partial charge < -0.3 is 10.4 Å². The maximum absolute atomic E-state index is 14.3. The zero-order chi connectivity index (χ0) is 18.4. The van der Waals surface area contributed by atoms with Crippen LogP contribution in [0.5, 0.6) is 0 Å². The van der Waals surface area contributed by atoms with Gasteiger partial charge >= 0.3 is 5.97 Å². The molecule has 0 bridgehead atoms. The number of nitrogens with one attached hydrogen (secondary N) is 1. The van der Waals surface area contributed by atoms with E-state index in [-0.39, 0.29) is 11.6 Å². The predicted octanol–water partition coefficient (Wildman–Crippen LogP) is 2.40. The topological polar surface area (TPSA) is 84.2 Å². The van der Waals surface area contributed by atoms with Gasteiger partial charge in [0, 0.05) is 11.3 Å². The standard InChI is InChI=1S/C19H20FN3O3/c1-10-5-8-13(20)15(9-10)23-14-4-2-3-12(14)17(22-23)18(24)21-16(19(25)26)11-6-7-11/h5,8-9,11,16H,2-4,6-7H2,1H3,(H,21,24)(H,25,26). The van der Waals surface area contributed by atoms with E-state index < -0.39 is 23.7 Å². The molecule has 1 amide bonds. The van der Waals surface area contributed by atoms with Gasteiger partial charge in [-0.2, -0.15) is 5.10 Å². The summed E-state index contributed by atoms with van der Waals surface area (Å²) in [6.45, 7) is 1.87. The second-order valence-corrected chi connectivity index (χ2v) is 7.12. The number of carbonyl (C=O) groups excluding carboxylic acids is 1. The highest BCUT2D eigenvalue weighted by Crippen LogP contribution is 2.33. The van der Waals surface area contributed by atoms with E-state index in [2.05, 4.69) is 10.4 Å². The van der Waals surface area contributed by atoms with Crippen molar-refractivity contribution < 1.29 is 19.1 Å². The van der Waals surface area contributed by atoms with Crippen molar-refractivity contribution in [2.24, 2.45) is 5.92 Å². The summed E-state index contributed by atoms with van der Waals surface area (Å²) in [5.74, 6) is -1.93. The summed E-state index contributed by atoms with van der Waals surface area (Å²) < 4.78 is 15.8. The first-order valence-corrected chi connectivity index (χ1v) is 8.86. The minimum atomic E-state index is -1.03. The number of nitrogens with zero attached hydrogens (tertiary/aromatic N) is 2. The number of hydrogen-bond acceptors (Lipinski definition) is 3. The Morgan fingerprint density at radius 3 is 2.81 bits per heavy atom. The Morgan fingerprint density at radius 2 is 2.12 bits per heavy atom. The summed E-state index contributed by atoms with van der Waals surface area (Å²) >= 11 is 0. The Hall–Kier alpha value is -2.70. The predicted molar refractivity (Wildman–Crippen MR) is 91.9 cm³/mol. The fourth-order valence-corrected chi connectivity index (χ4v) is 3.62. The van der Waals surface area contributed by atoms with Crippen molar-refractivity contribution in [2.75, 3.05) is 0 Å². The molecule has 0 radical (unpaired) electrons. The molecule has 0 saturated heterocycles. The molecular formula is C19H20FN3O3. The van der Waals surface area contributed by atoms with Crippen LogP contribution in [0.4, 0.5) is 4.39 Å². The van der Waals surface area contributed by atoms with Gasteiger partial charge in [0.2, 0.25) is 0 Å². The molecule has 2 N–H and O–H groups in total. The lowest BCUT2D eigenvalue weighted by molar-refractivity contribution is -0.139. The van der Waals surface area contributed by atoms with Gasteiger partial charge in [-0.1, -0.05) is 6.07 Å². The lowest BCUT2D eigenvalue weighted by Crippen LogP contribution is -2.42. The van der Waals surface area contributed by atoms with Gasteiger partial charge in [-0.25, -0.2) is 13.9 Å². The maximum Gasteiger partial charge on any atom is 0.326 e. The number of aromatic nitrogens is 2. The Morgan fingerprint density at radius 1 is 1.35 bits per heavy atom. The molecule has 136 valence electrons.